The Morgan fingerprint density at radius 1 is 1.00 bits per heavy atom. The van der Waals surface area contributed by atoms with Crippen LogP contribution in [0.3, 0.4) is 0 Å². The molecule has 0 atom stereocenters. The largest absolute Gasteiger partial charge is 0.370 e. The summed E-state index contributed by atoms with van der Waals surface area (Å²) in [5.74, 6) is 0.704. The van der Waals surface area contributed by atoms with Crippen molar-refractivity contribution in [2.24, 2.45) is 16.6 Å². The SMILES string of the molecule is I.NC(=NCc1cccc(NC(=O)C2CCC2)c1)Nc1ccc2c(c1)CCC2. The summed E-state index contributed by atoms with van der Waals surface area (Å²) in [6, 6.07) is 14.2. The third kappa shape index (κ3) is 5.04. The Morgan fingerprint density at radius 2 is 1.79 bits per heavy atom. The van der Waals surface area contributed by atoms with E-state index in [0.717, 1.165) is 42.6 Å². The van der Waals surface area contributed by atoms with Crippen molar-refractivity contribution < 1.29 is 4.79 Å². The number of fused-ring (bicyclic) bond motifs is 1. The molecular formula is C22H27IN4O. The number of hydrogen-bond acceptors (Lipinski definition) is 2. The number of carbonyl (C=O) groups excluding carboxylic acids is 1. The lowest BCUT2D eigenvalue weighted by Crippen LogP contribution is -2.28. The first kappa shape index (κ1) is 20.6. The molecule has 2 aromatic rings. The molecule has 0 radical (unpaired) electrons. The van der Waals surface area contributed by atoms with E-state index in [0.29, 0.717) is 12.5 Å². The van der Waals surface area contributed by atoms with Crippen LogP contribution < -0.4 is 16.4 Å². The Kier molecular flexibility index (Phi) is 6.93. The van der Waals surface area contributed by atoms with Crippen molar-refractivity contribution in [2.75, 3.05) is 10.6 Å². The second-order valence-electron chi connectivity index (χ2n) is 7.48. The number of aliphatic imine (C=N–C) groups is 1. The number of rotatable bonds is 5. The first-order valence-corrected chi connectivity index (χ1v) is 9.76. The van der Waals surface area contributed by atoms with Gasteiger partial charge in [-0.3, -0.25) is 4.79 Å². The normalized spacial score (nSPS) is 15.9. The molecule has 1 saturated carbocycles. The third-order valence-electron chi connectivity index (χ3n) is 5.47. The van der Waals surface area contributed by atoms with Crippen molar-refractivity contribution in [3.8, 4) is 0 Å². The molecule has 5 nitrogen and oxygen atoms in total. The zero-order valence-corrected chi connectivity index (χ0v) is 18.2. The van der Waals surface area contributed by atoms with Gasteiger partial charge >= 0.3 is 0 Å². The van der Waals surface area contributed by atoms with Gasteiger partial charge in [-0.15, -0.1) is 24.0 Å². The number of amides is 1. The van der Waals surface area contributed by atoms with Crippen molar-refractivity contribution in [1.29, 1.82) is 0 Å². The number of hydrogen-bond donors (Lipinski definition) is 3. The Balaban J connectivity index is 0.00000225. The van der Waals surface area contributed by atoms with Gasteiger partial charge in [0.25, 0.3) is 0 Å². The minimum atomic E-state index is 0. The molecule has 6 heteroatoms. The van der Waals surface area contributed by atoms with Gasteiger partial charge in [-0.25, -0.2) is 4.99 Å². The Labute approximate surface area is 183 Å². The van der Waals surface area contributed by atoms with E-state index in [4.69, 9.17) is 5.73 Å². The molecule has 0 bridgehead atoms. The van der Waals surface area contributed by atoms with Crippen LogP contribution in [0, 0.1) is 5.92 Å². The highest BCUT2D eigenvalue weighted by Gasteiger charge is 2.25. The van der Waals surface area contributed by atoms with Crippen LogP contribution in [0.1, 0.15) is 42.4 Å². The van der Waals surface area contributed by atoms with E-state index in [9.17, 15) is 4.79 Å². The standard InChI is InChI=1S/C22H26N4O.HI/c23-22(26-20-11-10-16-5-2-8-18(16)13-20)24-14-15-4-1-9-19(12-15)25-21(27)17-6-3-7-17;/h1,4,9-13,17H,2-3,5-8,14H2,(H,25,27)(H3,23,24,26);1H. The van der Waals surface area contributed by atoms with Gasteiger partial charge in [-0.05, 0) is 73.1 Å². The highest BCUT2D eigenvalue weighted by atomic mass is 127. The van der Waals surface area contributed by atoms with Gasteiger partial charge in [0, 0.05) is 17.3 Å². The molecule has 2 aromatic carbocycles. The summed E-state index contributed by atoms with van der Waals surface area (Å²) in [5, 5.41) is 6.18. The average Bonchev–Trinajstić information content (AvgIpc) is 3.06. The topological polar surface area (TPSA) is 79.5 Å². The first-order valence-electron chi connectivity index (χ1n) is 9.76. The van der Waals surface area contributed by atoms with Gasteiger partial charge in [0.15, 0.2) is 5.96 Å². The molecule has 0 aliphatic heterocycles. The minimum absolute atomic E-state index is 0. The molecule has 148 valence electrons. The van der Waals surface area contributed by atoms with E-state index in [-0.39, 0.29) is 35.8 Å². The highest BCUT2D eigenvalue weighted by Crippen LogP contribution is 2.28. The van der Waals surface area contributed by atoms with E-state index in [2.05, 4.69) is 33.8 Å². The summed E-state index contributed by atoms with van der Waals surface area (Å²) in [7, 11) is 0. The lowest BCUT2D eigenvalue weighted by molar-refractivity contribution is -0.122. The second kappa shape index (κ2) is 9.41. The lowest BCUT2D eigenvalue weighted by atomic mass is 9.85. The Bertz CT molecular complexity index is 877. The highest BCUT2D eigenvalue weighted by molar-refractivity contribution is 14.0. The van der Waals surface area contributed by atoms with Crippen LogP contribution in [0.15, 0.2) is 47.5 Å². The van der Waals surface area contributed by atoms with E-state index in [1.54, 1.807) is 0 Å². The number of nitrogens with zero attached hydrogens (tertiary/aromatic N) is 1. The molecule has 0 spiro atoms. The van der Waals surface area contributed by atoms with Crippen molar-refractivity contribution >= 4 is 47.2 Å². The van der Waals surface area contributed by atoms with Crippen LogP contribution in [0.4, 0.5) is 11.4 Å². The maximum atomic E-state index is 12.1. The number of aryl methyl sites for hydroxylation is 2. The number of anilines is 2. The summed E-state index contributed by atoms with van der Waals surface area (Å²) in [6.07, 6.45) is 6.70. The molecule has 0 saturated heterocycles. The molecule has 0 aromatic heterocycles. The number of nitrogens with two attached hydrogens (primary N) is 1. The fourth-order valence-electron chi connectivity index (χ4n) is 3.68. The molecule has 28 heavy (non-hydrogen) atoms. The van der Waals surface area contributed by atoms with Gasteiger partial charge in [0.05, 0.1) is 6.54 Å². The Hall–Kier alpha value is -2.09. The predicted molar refractivity (Wildman–Crippen MR) is 125 cm³/mol. The number of nitrogens with one attached hydrogen (secondary N) is 2. The van der Waals surface area contributed by atoms with Gasteiger partial charge < -0.3 is 16.4 Å². The summed E-state index contributed by atoms with van der Waals surface area (Å²) < 4.78 is 0. The first-order chi connectivity index (χ1) is 13.2. The molecule has 2 aliphatic carbocycles. The zero-order chi connectivity index (χ0) is 18.6. The number of carbonyl (C=O) groups is 1. The van der Waals surface area contributed by atoms with E-state index in [1.807, 2.05) is 24.3 Å². The summed E-state index contributed by atoms with van der Waals surface area (Å²) in [6.45, 7) is 0.469. The van der Waals surface area contributed by atoms with Crippen LogP contribution in [-0.2, 0) is 24.2 Å². The van der Waals surface area contributed by atoms with E-state index < -0.39 is 0 Å². The zero-order valence-electron chi connectivity index (χ0n) is 15.9. The molecule has 4 N–H and O–H groups in total. The minimum Gasteiger partial charge on any atom is -0.370 e. The molecule has 2 aliphatic rings. The fraction of sp³-hybridized carbons (Fsp3) is 0.364. The molecule has 0 heterocycles. The Morgan fingerprint density at radius 3 is 2.57 bits per heavy atom. The quantitative estimate of drug-likeness (QED) is 0.329. The van der Waals surface area contributed by atoms with E-state index >= 15 is 0 Å². The van der Waals surface area contributed by atoms with Crippen LogP contribution >= 0.6 is 24.0 Å². The number of halogens is 1. The van der Waals surface area contributed by atoms with Crippen LogP contribution in [0.25, 0.3) is 0 Å². The smallest absolute Gasteiger partial charge is 0.227 e. The van der Waals surface area contributed by atoms with Crippen LogP contribution in [-0.4, -0.2) is 11.9 Å². The van der Waals surface area contributed by atoms with Gasteiger partial charge in [-0.2, -0.15) is 0 Å². The molecule has 0 unspecified atom stereocenters. The second-order valence-corrected chi connectivity index (χ2v) is 7.48. The van der Waals surface area contributed by atoms with Gasteiger partial charge in [0.2, 0.25) is 5.91 Å². The third-order valence-corrected chi connectivity index (χ3v) is 5.47. The van der Waals surface area contributed by atoms with Crippen LogP contribution in [0.5, 0.6) is 0 Å². The predicted octanol–water partition coefficient (Wildman–Crippen LogP) is 4.46. The molecule has 1 amide bonds. The number of guanidine groups is 1. The fourth-order valence-corrected chi connectivity index (χ4v) is 3.68. The van der Waals surface area contributed by atoms with Gasteiger partial charge in [-0.1, -0.05) is 24.6 Å². The van der Waals surface area contributed by atoms with Crippen molar-refractivity contribution in [3.63, 3.8) is 0 Å². The summed E-state index contributed by atoms with van der Waals surface area (Å²) in [4.78, 5) is 16.5. The van der Waals surface area contributed by atoms with Crippen molar-refractivity contribution in [2.45, 2.75) is 45.1 Å². The van der Waals surface area contributed by atoms with Crippen LogP contribution in [0.2, 0.25) is 0 Å². The summed E-state index contributed by atoms with van der Waals surface area (Å²) >= 11 is 0. The van der Waals surface area contributed by atoms with Crippen molar-refractivity contribution in [3.05, 3.63) is 59.2 Å². The van der Waals surface area contributed by atoms with Crippen molar-refractivity contribution in [1.82, 2.24) is 0 Å². The average molecular weight is 490 g/mol. The molecule has 4 rings (SSSR count). The maximum Gasteiger partial charge on any atom is 0.227 e. The summed E-state index contributed by atoms with van der Waals surface area (Å²) in [5.41, 5.74) is 11.7. The number of benzene rings is 2. The monoisotopic (exact) mass is 490 g/mol. The van der Waals surface area contributed by atoms with Gasteiger partial charge in [0.1, 0.15) is 0 Å². The maximum absolute atomic E-state index is 12.1. The lowest BCUT2D eigenvalue weighted by Gasteiger charge is -2.24. The molecular weight excluding hydrogens is 463 g/mol. The van der Waals surface area contributed by atoms with E-state index in [1.165, 1.54) is 24.0 Å². The molecule has 1 fully saturated rings.